The molecule has 0 spiro atoms. The van der Waals surface area contributed by atoms with Gasteiger partial charge in [-0.2, -0.15) is 11.8 Å². The van der Waals surface area contributed by atoms with Crippen LogP contribution in [0.15, 0.2) is 0 Å². The van der Waals surface area contributed by atoms with Gasteiger partial charge in [0.1, 0.15) is 0 Å². The van der Waals surface area contributed by atoms with E-state index in [0.29, 0.717) is 5.54 Å². The van der Waals surface area contributed by atoms with Crippen LogP contribution in [0.4, 0.5) is 0 Å². The summed E-state index contributed by atoms with van der Waals surface area (Å²) in [6, 6.07) is 0. The molecule has 2 aliphatic heterocycles. The summed E-state index contributed by atoms with van der Waals surface area (Å²) in [5, 5.41) is 0. The summed E-state index contributed by atoms with van der Waals surface area (Å²) in [5.74, 6) is 2.56. The summed E-state index contributed by atoms with van der Waals surface area (Å²) in [5.41, 5.74) is 6.43. The zero-order chi connectivity index (χ0) is 13.7. The molecule has 2 saturated heterocycles. The summed E-state index contributed by atoms with van der Waals surface area (Å²) in [4.78, 5) is 7.55. The quantitative estimate of drug-likeness (QED) is 0.791. The maximum Gasteiger partial charge on any atom is 0.0423 e. The van der Waals surface area contributed by atoms with Crippen LogP contribution in [0.1, 0.15) is 12.8 Å². The predicted molar refractivity (Wildman–Crippen MR) is 84.9 cm³/mol. The number of hydrogen-bond donors (Lipinski definition) is 1. The highest BCUT2D eigenvalue weighted by atomic mass is 32.2. The average molecular weight is 286 g/mol. The van der Waals surface area contributed by atoms with Crippen LogP contribution in [0.2, 0.25) is 0 Å². The molecule has 0 aliphatic carbocycles. The summed E-state index contributed by atoms with van der Waals surface area (Å²) in [6.07, 6.45) is 2.64. The zero-order valence-corrected chi connectivity index (χ0v) is 13.4. The number of hydrogen-bond acceptors (Lipinski definition) is 5. The lowest BCUT2D eigenvalue weighted by molar-refractivity contribution is 0.0405. The Morgan fingerprint density at radius 2 is 1.95 bits per heavy atom. The Kier molecular flexibility index (Phi) is 5.96. The number of nitrogens with zero attached hydrogens (tertiary/aromatic N) is 3. The summed E-state index contributed by atoms with van der Waals surface area (Å²) in [7, 11) is 4.30. The van der Waals surface area contributed by atoms with E-state index in [-0.39, 0.29) is 0 Å². The average Bonchev–Trinajstić information content (AvgIpc) is 2.46. The van der Waals surface area contributed by atoms with Gasteiger partial charge in [0.05, 0.1) is 0 Å². The lowest BCUT2D eigenvalue weighted by Crippen LogP contribution is -2.62. The maximum absolute atomic E-state index is 6.13. The third kappa shape index (κ3) is 4.08. The number of nitrogens with two attached hydrogens (primary N) is 1. The normalized spacial score (nSPS) is 30.9. The predicted octanol–water partition coefficient (Wildman–Crippen LogP) is 0.390. The molecule has 0 aromatic rings. The van der Waals surface area contributed by atoms with Crippen LogP contribution in [0.5, 0.6) is 0 Å². The van der Waals surface area contributed by atoms with E-state index in [4.69, 9.17) is 5.73 Å². The first-order valence-corrected chi connectivity index (χ1v) is 8.72. The van der Waals surface area contributed by atoms with Crippen LogP contribution in [0, 0.1) is 0 Å². The van der Waals surface area contributed by atoms with E-state index in [2.05, 4.69) is 40.6 Å². The molecule has 1 atom stereocenters. The molecule has 2 N–H and O–H groups in total. The molecule has 0 radical (unpaired) electrons. The summed E-state index contributed by atoms with van der Waals surface area (Å²) in [6.45, 7) is 8.01. The number of rotatable bonds is 5. The van der Waals surface area contributed by atoms with Gasteiger partial charge in [-0.15, -0.1) is 0 Å². The van der Waals surface area contributed by atoms with Gasteiger partial charge in [-0.05, 0) is 32.7 Å². The second-order valence-electron chi connectivity index (χ2n) is 6.22. The van der Waals surface area contributed by atoms with Crippen molar-refractivity contribution in [2.75, 3.05) is 71.4 Å². The second-order valence-corrected chi connectivity index (χ2v) is 7.32. The molecular weight excluding hydrogens is 256 g/mol. The van der Waals surface area contributed by atoms with Gasteiger partial charge in [-0.3, -0.25) is 9.80 Å². The van der Waals surface area contributed by atoms with Gasteiger partial charge < -0.3 is 10.6 Å². The largest absolute Gasteiger partial charge is 0.329 e. The first-order valence-electron chi connectivity index (χ1n) is 7.56. The van der Waals surface area contributed by atoms with Crippen molar-refractivity contribution in [1.29, 1.82) is 0 Å². The topological polar surface area (TPSA) is 35.7 Å². The Morgan fingerprint density at radius 3 is 2.47 bits per heavy atom. The van der Waals surface area contributed by atoms with Crippen LogP contribution >= 0.6 is 11.8 Å². The van der Waals surface area contributed by atoms with Gasteiger partial charge in [0.25, 0.3) is 0 Å². The SMILES string of the molecule is CN(C)CCN1CCN(C2(CN)CCCSC2)CC1. The Labute approximate surface area is 122 Å². The lowest BCUT2D eigenvalue weighted by Gasteiger charge is -2.49. The number of thioether (sulfide) groups is 1. The van der Waals surface area contributed by atoms with Crippen LogP contribution in [-0.2, 0) is 0 Å². The zero-order valence-electron chi connectivity index (χ0n) is 12.6. The Balaban J connectivity index is 1.81. The van der Waals surface area contributed by atoms with E-state index in [1.54, 1.807) is 0 Å². The van der Waals surface area contributed by atoms with Crippen molar-refractivity contribution in [3.8, 4) is 0 Å². The highest BCUT2D eigenvalue weighted by Gasteiger charge is 2.38. The summed E-state index contributed by atoms with van der Waals surface area (Å²) < 4.78 is 0. The van der Waals surface area contributed by atoms with E-state index in [1.807, 2.05) is 0 Å². The Bertz CT molecular complexity index is 258. The summed E-state index contributed by atoms with van der Waals surface area (Å²) >= 11 is 2.09. The number of likely N-dealkylation sites (N-methyl/N-ethyl adjacent to an activating group) is 1. The third-order valence-corrected chi connectivity index (χ3v) is 5.91. The first-order chi connectivity index (χ1) is 9.16. The van der Waals surface area contributed by atoms with Crippen molar-refractivity contribution >= 4 is 11.8 Å². The van der Waals surface area contributed by atoms with Crippen LogP contribution in [-0.4, -0.2) is 91.7 Å². The number of piperazine rings is 1. The first kappa shape index (κ1) is 15.6. The lowest BCUT2D eigenvalue weighted by atomic mass is 9.92. The third-order valence-electron chi connectivity index (χ3n) is 4.59. The Hall–Kier alpha value is 0.190. The van der Waals surface area contributed by atoms with Gasteiger partial charge in [-0.1, -0.05) is 0 Å². The minimum Gasteiger partial charge on any atom is -0.329 e. The van der Waals surface area contributed by atoms with E-state index in [0.717, 1.165) is 13.1 Å². The minimum absolute atomic E-state index is 0.302. The maximum atomic E-state index is 6.13. The molecule has 2 fully saturated rings. The molecule has 2 heterocycles. The minimum atomic E-state index is 0.302. The van der Waals surface area contributed by atoms with Gasteiger partial charge >= 0.3 is 0 Å². The molecule has 0 saturated carbocycles. The van der Waals surface area contributed by atoms with E-state index in [9.17, 15) is 0 Å². The fourth-order valence-electron chi connectivity index (χ4n) is 3.16. The molecule has 19 heavy (non-hydrogen) atoms. The van der Waals surface area contributed by atoms with Crippen molar-refractivity contribution < 1.29 is 0 Å². The molecule has 5 heteroatoms. The van der Waals surface area contributed by atoms with Crippen LogP contribution < -0.4 is 5.73 Å². The standard InChI is InChI=1S/C14H30N4S/c1-16(2)5-6-17-7-9-18(10-8-17)14(12-15)4-3-11-19-13-14/h3-13,15H2,1-2H3. The van der Waals surface area contributed by atoms with Gasteiger partial charge in [-0.25, -0.2) is 0 Å². The van der Waals surface area contributed by atoms with E-state index >= 15 is 0 Å². The van der Waals surface area contributed by atoms with E-state index in [1.165, 1.54) is 57.1 Å². The fraction of sp³-hybridized carbons (Fsp3) is 1.00. The van der Waals surface area contributed by atoms with Crippen LogP contribution in [0.3, 0.4) is 0 Å². The highest BCUT2D eigenvalue weighted by molar-refractivity contribution is 7.99. The molecule has 0 amide bonds. The molecule has 2 rings (SSSR count). The van der Waals surface area contributed by atoms with Crippen molar-refractivity contribution in [2.45, 2.75) is 18.4 Å². The monoisotopic (exact) mass is 286 g/mol. The highest BCUT2D eigenvalue weighted by Crippen LogP contribution is 2.32. The Morgan fingerprint density at radius 1 is 1.21 bits per heavy atom. The molecule has 0 aromatic heterocycles. The molecule has 112 valence electrons. The van der Waals surface area contributed by atoms with Crippen LogP contribution in [0.25, 0.3) is 0 Å². The smallest absolute Gasteiger partial charge is 0.0423 e. The molecule has 4 nitrogen and oxygen atoms in total. The molecular formula is C14H30N4S. The molecule has 0 bridgehead atoms. The van der Waals surface area contributed by atoms with Crippen molar-refractivity contribution in [1.82, 2.24) is 14.7 Å². The fourth-order valence-corrected chi connectivity index (χ4v) is 4.48. The van der Waals surface area contributed by atoms with Crippen molar-refractivity contribution in [3.05, 3.63) is 0 Å². The van der Waals surface area contributed by atoms with Gasteiger partial charge in [0.15, 0.2) is 0 Å². The van der Waals surface area contributed by atoms with Crippen molar-refractivity contribution in [2.24, 2.45) is 5.73 Å². The molecule has 2 aliphatic rings. The van der Waals surface area contributed by atoms with Crippen molar-refractivity contribution in [3.63, 3.8) is 0 Å². The van der Waals surface area contributed by atoms with E-state index < -0.39 is 0 Å². The van der Waals surface area contributed by atoms with Gasteiger partial charge in [0, 0.05) is 57.1 Å². The second kappa shape index (κ2) is 7.27. The molecule has 0 aromatic carbocycles. The molecule has 1 unspecified atom stereocenters. The van der Waals surface area contributed by atoms with Gasteiger partial charge in [0.2, 0.25) is 0 Å².